The molecule has 21 heavy (non-hydrogen) atoms. The summed E-state index contributed by atoms with van der Waals surface area (Å²) >= 11 is 4.87. The van der Waals surface area contributed by atoms with Gasteiger partial charge in [-0.15, -0.1) is 11.3 Å². The highest BCUT2D eigenvalue weighted by molar-refractivity contribution is 9.11. The fourth-order valence-corrected chi connectivity index (χ4v) is 3.91. The normalized spacial score (nSPS) is 13.8. The molecule has 1 aliphatic rings. The minimum absolute atomic E-state index is 0.197. The monoisotopic (exact) mass is 368 g/mol. The van der Waals surface area contributed by atoms with E-state index in [2.05, 4.69) is 26.6 Å². The first-order valence-electron chi connectivity index (χ1n) is 6.68. The van der Waals surface area contributed by atoms with Crippen LogP contribution in [0, 0.1) is 5.82 Å². The van der Waals surface area contributed by atoms with E-state index in [4.69, 9.17) is 0 Å². The van der Waals surface area contributed by atoms with E-state index in [0.717, 1.165) is 20.8 Å². The number of hydrogen-bond acceptors (Lipinski definition) is 3. The molecule has 1 aromatic carbocycles. The predicted molar refractivity (Wildman–Crippen MR) is 86.2 cm³/mol. The van der Waals surface area contributed by atoms with Gasteiger partial charge in [-0.2, -0.15) is 0 Å². The minimum atomic E-state index is -0.297. The molecule has 1 amide bonds. The Balaban J connectivity index is 1.74. The van der Waals surface area contributed by atoms with Crippen molar-refractivity contribution in [3.8, 4) is 0 Å². The van der Waals surface area contributed by atoms with E-state index in [-0.39, 0.29) is 23.8 Å². The summed E-state index contributed by atoms with van der Waals surface area (Å²) in [5.74, 6) is -0.494. The summed E-state index contributed by atoms with van der Waals surface area (Å²) in [6, 6.07) is 7.31. The Bertz CT molecular complexity index is 686. The van der Waals surface area contributed by atoms with Gasteiger partial charge in [-0.3, -0.25) is 4.79 Å². The number of thiophene rings is 1. The molecular weight excluding hydrogens is 355 g/mol. The lowest BCUT2D eigenvalue weighted by Crippen LogP contribution is -2.25. The van der Waals surface area contributed by atoms with E-state index in [1.807, 2.05) is 18.2 Å². The number of rotatable bonds is 3. The Morgan fingerprint density at radius 3 is 3.00 bits per heavy atom. The van der Waals surface area contributed by atoms with Crippen molar-refractivity contribution in [2.45, 2.75) is 19.4 Å². The molecule has 3 rings (SSSR count). The van der Waals surface area contributed by atoms with Gasteiger partial charge in [0.15, 0.2) is 0 Å². The van der Waals surface area contributed by atoms with E-state index >= 15 is 0 Å². The molecule has 1 aliphatic heterocycles. The lowest BCUT2D eigenvalue weighted by atomic mass is 9.99. The molecule has 6 heteroatoms. The van der Waals surface area contributed by atoms with Crippen molar-refractivity contribution in [1.29, 1.82) is 0 Å². The van der Waals surface area contributed by atoms with Crippen molar-refractivity contribution >= 4 is 38.9 Å². The Morgan fingerprint density at radius 1 is 1.38 bits per heavy atom. The highest BCUT2D eigenvalue weighted by Gasteiger charge is 2.17. The van der Waals surface area contributed by atoms with Gasteiger partial charge in [-0.1, -0.05) is 6.07 Å². The number of fused-ring (bicyclic) bond motifs is 1. The van der Waals surface area contributed by atoms with Crippen molar-refractivity contribution in [2.75, 3.05) is 11.9 Å². The molecule has 0 radical (unpaired) electrons. The van der Waals surface area contributed by atoms with Gasteiger partial charge in [0, 0.05) is 11.4 Å². The topological polar surface area (TPSA) is 41.1 Å². The number of anilines is 1. The van der Waals surface area contributed by atoms with E-state index in [1.54, 1.807) is 6.07 Å². The summed E-state index contributed by atoms with van der Waals surface area (Å²) in [6.45, 7) is 1.45. The third-order valence-electron chi connectivity index (χ3n) is 3.45. The Morgan fingerprint density at radius 2 is 2.24 bits per heavy atom. The summed E-state index contributed by atoms with van der Waals surface area (Å²) in [5.41, 5.74) is 1.96. The van der Waals surface area contributed by atoms with Crippen LogP contribution in [-0.4, -0.2) is 12.5 Å². The van der Waals surface area contributed by atoms with Crippen LogP contribution in [0.4, 0.5) is 10.1 Å². The summed E-state index contributed by atoms with van der Waals surface area (Å²) < 4.78 is 15.4. The van der Waals surface area contributed by atoms with Crippen LogP contribution in [0.3, 0.4) is 0 Å². The highest BCUT2D eigenvalue weighted by Crippen LogP contribution is 2.26. The number of hydrogen-bond donors (Lipinski definition) is 2. The van der Waals surface area contributed by atoms with E-state index in [0.29, 0.717) is 18.5 Å². The van der Waals surface area contributed by atoms with Crippen LogP contribution in [0.25, 0.3) is 0 Å². The second-order valence-corrected chi connectivity index (χ2v) is 7.47. The lowest BCUT2D eigenvalue weighted by Gasteiger charge is -2.19. The van der Waals surface area contributed by atoms with Gasteiger partial charge in [0.05, 0.1) is 15.9 Å². The first kappa shape index (κ1) is 14.7. The summed E-state index contributed by atoms with van der Waals surface area (Å²) in [5, 5.41) is 5.88. The van der Waals surface area contributed by atoms with Gasteiger partial charge < -0.3 is 10.6 Å². The van der Waals surface area contributed by atoms with Crippen molar-refractivity contribution in [1.82, 2.24) is 5.32 Å². The Labute approximate surface area is 134 Å². The van der Waals surface area contributed by atoms with Crippen molar-refractivity contribution < 1.29 is 9.18 Å². The molecule has 0 atom stereocenters. The molecule has 0 fully saturated rings. The number of amides is 1. The Kier molecular flexibility index (Phi) is 4.37. The molecule has 3 nitrogen and oxygen atoms in total. The van der Waals surface area contributed by atoms with E-state index < -0.39 is 0 Å². The largest absolute Gasteiger partial charge is 0.323 e. The molecule has 0 spiro atoms. The predicted octanol–water partition coefficient (Wildman–Crippen LogP) is 3.48. The first-order valence-corrected chi connectivity index (χ1v) is 8.29. The van der Waals surface area contributed by atoms with E-state index in [9.17, 15) is 9.18 Å². The zero-order valence-corrected chi connectivity index (χ0v) is 13.6. The SMILES string of the molecule is O=C(Cc1ccc(Br)s1)Nc1ccc2c(c1F)CCNC2. The second kappa shape index (κ2) is 6.25. The van der Waals surface area contributed by atoms with Crippen LogP contribution in [0.5, 0.6) is 0 Å². The molecule has 0 saturated heterocycles. The van der Waals surface area contributed by atoms with Crippen molar-refractivity contribution in [3.05, 3.63) is 49.9 Å². The van der Waals surface area contributed by atoms with E-state index in [1.165, 1.54) is 11.3 Å². The average molecular weight is 369 g/mol. The maximum atomic E-state index is 14.4. The van der Waals surface area contributed by atoms with Gasteiger partial charge in [-0.05, 0) is 58.2 Å². The molecule has 2 heterocycles. The van der Waals surface area contributed by atoms with Crippen molar-refractivity contribution in [3.63, 3.8) is 0 Å². The summed E-state index contributed by atoms with van der Waals surface area (Å²) in [7, 11) is 0. The molecular formula is C15H14BrFN2OS. The van der Waals surface area contributed by atoms with Crippen LogP contribution in [0.2, 0.25) is 0 Å². The highest BCUT2D eigenvalue weighted by atomic mass is 79.9. The van der Waals surface area contributed by atoms with Crippen LogP contribution in [0.1, 0.15) is 16.0 Å². The number of carbonyl (C=O) groups is 1. The summed E-state index contributed by atoms with van der Waals surface area (Å²) in [6.07, 6.45) is 0.914. The maximum absolute atomic E-state index is 14.4. The molecule has 2 aromatic rings. The third kappa shape index (κ3) is 3.33. The maximum Gasteiger partial charge on any atom is 0.229 e. The fourth-order valence-electron chi connectivity index (χ4n) is 2.43. The lowest BCUT2D eigenvalue weighted by molar-refractivity contribution is -0.115. The zero-order chi connectivity index (χ0) is 14.8. The molecule has 0 saturated carbocycles. The van der Waals surface area contributed by atoms with Gasteiger partial charge >= 0.3 is 0 Å². The minimum Gasteiger partial charge on any atom is -0.323 e. The first-order chi connectivity index (χ1) is 10.1. The van der Waals surface area contributed by atoms with Crippen molar-refractivity contribution in [2.24, 2.45) is 0 Å². The molecule has 0 aliphatic carbocycles. The number of halogens is 2. The molecule has 2 N–H and O–H groups in total. The summed E-state index contributed by atoms with van der Waals surface area (Å²) in [4.78, 5) is 13.0. The van der Waals surface area contributed by atoms with Gasteiger partial charge in [0.2, 0.25) is 5.91 Å². The second-order valence-electron chi connectivity index (χ2n) is 4.92. The number of carbonyl (C=O) groups excluding carboxylic acids is 1. The smallest absolute Gasteiger partial charge is 0.229 e. The Hall–Kier alpha value is -1.24. The van der Waals surface area contributed by atoms with Crippen LogP contribution in [-0.2, 0) is 24.2 Å². The fraction of sp³-hybridized carbons (Fsp3) is 0.267. The van der Waals surface area contributed by atoms with Gasteiger partial charge in [0.1, 0.15) is 5.82 Å². The average Bonchev–Trinajstić information content (AvgIpc) is 2.87. The quantitative estimate of drug-likeness (QED) is 0.870. The third-order valence-corrected chi connectivity index (χ3v) is 5.07. The van der Waals surface area contributed by atoms with Crippen LogP contribution in [0.15, 0.2) is 28.1 Å². The number of benzene rings is 1. The van der Waals surface area contributed by atoms with Crippen LogP contribution >= 0.6 is 27.3 Å². The number of nitrogens with one attached hydrogen (secondary N) is 2. The zero-order valence-electron chi connectivity index (χ0n) is 11.2. The van der Waals surface area contributed by atoms with Crippen LogP contribution < -0.4 is 10.6 Å². The van der Waals surface area contributed by atoms with Gasteiger partial charge in [0.25, 0.3) is 0 Å². The van der Waals surface area contributed by atoms with Gasteiger partial charge in [-0.25, -0.2) is 4.39 Å². The molecule has 0 bridgehead atoms. The standard InChI is InChI=1S/C15H14BrFN2OS/c16-13-4-2-10(21-13)7-14(20)19-12-3-1-9-8-18-6-5-11(9)15(12)17/h1-4,18H,5-8H2,(H,19,20). The molecule has 110 valence electrons. The molecule has 0 unspecified atom stereocenters. The molecule has 1 aromatic heterocycles.